The van der Waals surface area contributed by atoms with Crippen LogP contribution in [0.5, 0.6) is 0 Å². The lowest BCUT2D eigenvalue weighted by atomic mass is 10.2. The van der Waals surface area contributed by atoms with Gasteiger partial charge in [0.2, 0.25) is 5.91 Å². The Morgan fingerprint density at radius 3 is 3.08 bits per heavy atom. The SMILES string of the molecule is Cl.Nc1cnc2n(c1=O)[C@H](C(=O)NCc1nc3ccncc3s1)CC2. The molecule has 0 radical (unpaired) electrons. The molecular weight excluding hydrogens is 364 g/mol. The van der Waals surface area contributed by atoms with E-state index in [1.807, 2.05) is 6.07 Å². The van der Waals surface area contributed by atoms with Gasteiger partial charge in [-0.15, -0.1) is 23.7 Å². The number of nitrogens with one attached hydrogen (secondary N) is 1. The number of thiazole rings is 1. The molecule has 3 aromatic rings. The number of aryl methyl sites for hydroxylation is 1. The van der Waals surface area contributed by atoms with Gasteiger partial charge in [0.05, 0.1) is 23.0 Å². The van der Waals surface area contributed by atoms with Gasteiger partial charge < -0.3 is 11.1 Å². The number of aromatic nitrogens is 4. The maximum absolute atomic E-state index is 12.5. The van der Waals surface area contributed by atoms with E-state index in [1.165, 1.54) is 22.1 Å². The van der Waals surface area contributed by atoms with Crippen LogP contribution in [0.2, 0.25) is 0 Å². The molecule has 1 aliphatic heterocycles. The summed E-state index contributed by atoms with van der Waals surface area (Å²) in [4.78, 5) is 37.3. The Balaban J connectivity index is 0.00000182. The molecule has 1 atom stereocenters. The number of carbonyl (C=O) groups is 1. The highest BCUT2D eigenvalue weighted by Gasteiger charge is 2.30. The maximum Gasteiger partial charge on any atom is 0.277 e. The van der Waals surface area contributed by atoms with Crippen molar-refractivity contribution in [3.63, 3.8) is 0 Å². The standard InChI is InChI=1S/C15H14N6O2S.ClH/c16-8-5-18-12-2-1-10(21(12)15(8)23)14(22)19-7-13-20-9-3-4-17-6-11(9)24-13;/h3-6,10H,1-2,7,16H2,(H,19,22);1H/t10-;/m0./s1. The van der Waals surface area contributed by atoms with Gasteiger partial charge in [0.25, 0.3) is 5.56 Å². The molecule has 10 heteroatoms. The summed E-state index contributed by atoms with van der Waals surface area (Å²) in [6.07, 6.45) is 5.91. The highest BCUT2D eigenvalue weighted by atomic mass is 35.5. The first kappa shape index (κ1) is 17.3. The number of amides is 1. The van der Waals surface area contributed by atoms with Crippen LogP contribution in [0.15, 0.2) is 29.5 Å². The fraction of sp³-hybridized carbons (Fsp3) is 0.267. The van der Waals surface area contributed by atoms with Gasteiger partial charge in [-0.25, -0.2) is 9.97 Å². The number of halogens is 1. The number of nitrogens with two attached hydrogens (primary N) is 1. The van der Waals surface area contributed by atoms with Crippen LogP contribution >= 0.6 is 23.7 Å². The highest BCUT2D eigenvalue weighted by molar-refractivity contribution is 7.18. The number of nitrogen functional groups attached to an aromatic ring is 1. The Labute approximate surface area is 152 Å². The number of anilines is 1. The van der Waals surface area contributed by atoms with Crippen molar-refractivity contribution in [3.8, 4) is 0 Å². The third kappa shape index (κ3) is 3.08. The van der Waals surface area contributed by atoms with Crippen molar-refractivity contribution in [1.82, 2.24) is 24.8 Å². The topological polar surface area (TPSA) is 116 Å². The zero-order valence-corrected chi connectivity index (χ0v) is 14.6. The van der Waals surface area contributed by atoms with E-state index in [2.05, 4.69) is 20.3 Å². The van der Waals surface area contributed by atoms with Crippen molar-refractivity contribution >= 4 is 45.6 Å². The fourth-order valence-electron chi connectivity index (χ4n) is 2.85. The van der Waals surface area contributed by atoms with E-state index in [4.69, 9.17) is 5.73 Å². The van der Waals surface area contributed by atoms with Gasteiger partial charge in [-0.05, 0) is 12.5 Å². The van der Waals surface area contributed by atoms with E-state index in [0.29, 0.717) is 25.2 Å². The Morgan fingerprint density at radius 1 is 1.44 bits per heavy atom. The van der Waals surface area contributed by atoms with Crippen molar-refractivity contribution in [1.29, 1.82) is 0 Å². The molecule has 0 aromatic carbocycles. The lowest BCUT2D eigenvalue weighted by Gasteiger charge is -2.13. The van der Waals surface area contributed by atoms with Crippen LogP contribution in [0.3, 0.4) is 0 Å². The van der Waals surface area contributed by atoms with Crippen LogP contribution in [0.4, 0.5) is 5.69 Å². The molecule has 130 valence electrons. The van der Waals surface area contributed by atoms with Gasteiger partial charge >= 0.3 is 0 Å². The summed E-state index contributed by atoms with van der Waals surface area (Å²) in [5.41, 5.74) is 6.18. The van der Waals surface area contributed by atoms with E-state index >= 15 is 0 Å². The second-order valence-electron chi connectivity index (χ2n) is 5.53. The van der Waals surface area contributed by atoms with Crippen molar-refractivity contribution in [3.05, 3.63) is 45.8 Å². The summed E-state index contributed by atoms with van der Waals surface area (Å²) in [6.45, 7) is 0.314. The minimum absolute atomic E-state index is 0. The van der Waals surface area contributed by atoms with Gasteiger partial charge in [-0.2, -0.15) is 0 Å². The van der Waals surface area contributed by atoms with E-state index in [0.717, 1.165) is 15.2 Å². The first-order valence-electron chi connectivity index (χ1n) is 7.46. The van der Waals surface area contributed by atoms with E-state index in [9.17, 15) is 9.59 Å². The zero-order valence-electron chi connectivity index (χ0n) is 13.0. The Hall–Kier alpha value is -2.52. The Kier molecular flexibility index (Phi) is 4.69. The number of hydrogen-bond donors (Lipinski definition) is 2. The largest absolute Gasteiger partial charge is 0.393 e. The van der Waals surface area contributed by atoms with E-state index < -0.39 is 6.04 Å². The third-order valence-corrected chi connectivity index (χ3v) is 5.01. The van der Waals surface area contributed by atoms with Gasteiger partial charge in [0, 0.05) is 18.8 Å². The van der Waals surface area contributed by atoms with Gasteiger partial charge in [0.1, 0.15) is 22.6 Å². The predicted molar refractivity (Wildman–Crippen MR) is 96.8 cm³/mol. The fourth-order valence-corrected chi connectivity index (χ4v) is 3.73. The number of rotatable bonds is 3. The van der Waals surface area contributed by atoms with Crippen molar-refractivity contribution in [2.24, 2.45) is 0 Å². The lowest BCUT2D eigenvalue weighted by molar-refractivity contribution is -0.124. The molecule has 0 bridgehead atoms. The average Bonchev–Trinajstić information content (AvgIpc) is 3.20. The summed E-state index contributed by atoms with van der Waals surface area (Å²) in [7, 11) is 0. The molecular formula is C15H15ClN6O2S. The summed E-state index contributed by atoms with van der Waals surface area (Å²) < 4.78 is 2.37. The number of pyridine rings is 1. The second kappa shape index (κ2) is 6.77. The zero-order chi connectivity index (χ0) is 16.7. The summed E-state index contributed by atoms with van der Waals surface area (Å²) >= 11 is 1.48. The van der Waals surface area contributed by atoms with Crippen LogP contribution < -0.4 is 16.6 Å². The van der Waals surface area contributed by atoms with Crippen LogP contribution in [0, 0.1) is 0 Å². The first-order valence-corrected chi connectivity index (χ1v) is 8.28. The molecule has 1 amide bonds. The van der Waals surface area contributed by atoms with E-state index in [1.54, 1.807) is 12.4 Å². The van der Waals surface area contributed by atoms with E-state index in [-0.39, 0.29) is 29.6 Å². The number of nitrogens with zero attached hydrogens (tertiary/aromatic N) is 4. The Morgan fingerprint density at radius 2 is 2.28 bits per heavy atom. The molecule has 0 saturated carbocycles. The third-order valence-electron chi connectivity index (χ3n) is 4.00. The number of carbonyl (C=O) groups excluding carboxylic acids is 1. The minimum atomic E-state index is -0.570. The molecule has 0 aliphatic carbocycles. The summed E-state index contributed by atoms with van der Waals surface area (Å²) in [5, 5.41) is 3.64. The van der Waals surface area contributed by atoms with Crippen molar-refractivity contribution in [2.45, 2.75) is 25.4 Å². The van der Waals surface area contributed by atoms with Crippen LogP contribution in [0.25, 0.3) is 10.2 Å². The smallest absolute Gasteiger partial charge is 0.277 e. The molecule has 3 N–H and O–H groups in total. The summed E-state index contributed by atoms with van der Waals surface area (Å²) in [6, 6.07) is 1.26. The second-order valence-corrected chi connectivity index (χ2v) is 6.64. The molecule has 8 nitrogen and oxygen atoms in total. The molecule has 0 spiro atoms. The summed E-state index contributed by atoms with van der Waals surface area (Å²) in [5.74, 6) is 0.376. The van der Waals surface area contributed by atoms with Crippen molar-refractivity contribution < 1.29 is 4.79 Å². The van der Waals surface area contributed by atoms with Gasteiger partial charge in [-0.3, -0.25) is 19.1 Å². The molecule has 25 heavy (non-hydrogen) atoms. The van der Waals surface area contributed by atoms with Crippen molar-refractivity contribution in [2.75, 3.05) is 5.73 Å². The number of fused-ring (bicyclic) bond motifs is 2. The molecule has 4 rings (SSSR count). The Bertz CT molecular complexity index is 968. The van der Waals surface area contributed by atoms with Crippen LogP contribution in [0.1, 0.15) is 23.3 Å². The first-order chi connectivity index (χ1) is 11.6. The molecule has 0 unspecified atom stereocenters. The minimum Gasteiger partial charge on any atom is -0.393 e. The monoisotopic (exact) mass is 378 g/mol. The number of hydrogen-bond acceptors (Lipinski definition) is 7. The molecule has 0 saturated heterocycles. The normalized spacial score (nSPS) is 15.6. The lowest BCUT2D eigenvalue weighted by Crippen LogP contribution is -2.36. The molecule has 3 aromatic heterocycles. The quantitative estimate of drug-likeness (QED) is 0.703. The van der Waals surface area contributed by atoms with Gasteiger partial charge in [-0.1, -0.05) is 0 Å². The highest BCUT2D eigenvalue weighted by Crippen LogP contribution is 2.24. The predicted octanol–water partition coefficient (Wildman–Crippen LogP) is 1.06. The average molecular weight is 379 g/mol. The molecule has 4 heterocycles. The molecule has 0 fully saturated rings. The molecule has 1 aliphatic rings. The van der Waals surface area contributed by atoms with Gasteiger partial charge in [0.15, 0.2) is 0 Å². The maximum atomic E-state index is 12.5. The van der Waals surface area contributed by atoms with Crippen LogP contribution in [-0.4, -0.2) is 25.4 Å². The van der Waals surface area contributed by atoms with Crippen LogP contribution in [-0.2, 0) is 17.8 Å².